The number of thiazole rings is 1. The van der Waals surface area contributed by atoms with Crippen LogP contribution in [0, 0.1) is 5.41 Å². The summed E-state index contributed by atoms with van der Waals surface area (Å²) in [7, 11) is -2.46. The summed E-state index contributed by atoms with van der Waals surface area (Å²) in [5.74, 6) is -0.724. The fourth-order valence-corrected chi connectivity index (χ4v) is 4.94. The molecule has 0 radical (unpaired) electrons. The van der Waals surface area contributed by atoms with Crippen molar-refractivity contribution >= 4 is 27.3 Å². The third-order valence-electron chi connectivity index (χ3n) is 3.13. The first kappa shape index (κ1) is 14.4. The molecule has 1 saturated heterocycles. The van der Waals surface area contributed by atoms with Crippen molar-refractivity contribution in [3.05, 3.63) is 11.2 Å². The highest BCUT2D eigenvalue weighted by Crippen LogP contribution is 2.34. The van der Waals surface area contributed by atoms with Gasteiger partial charge < -0.3 is 4.74 Å². The van der Waals surface area contributed by atoms with E-state index in [4.69, 9.17) is 0 Å². The number of hydrogen-bond donors (Lipinski definition) is 0. The average molecular weight is 304 g/mol. The molecule has 1 fully saturated rings. The molecule has 0 amide bonds. The van der Waals surface area contributed by atoms with Gasteiger partial charge in [-0.2, -0.15) is 4.31 Å². The first-order valence-corrected chi connectivity index (χ1v) is 8.12. The van der Waals surface area contributed by atoms with Gasteiger partial charge in [-0.1, -0.05) is 13.8 Å². The van der Waals surface area contributed by atoms with Crippen molar-refractivity contribution in [3.63, 3.8) is 0 Å². The number of aromatic nitrogens is 1. The van der Waals surface area contributed by atoms with Crippen LogP contribution in [-0.2, 0) is 14.8 Å². The SMILES string of the molecule is COC(=O)c1ncsc1S(=O)(=O)N1CCC(C)(C)C1. The highest BCUT2D eigenvalue weighted by molar-refractivity contribution is 7.91. The molecule has 2 rings (SSSR count). The molecule has 1 aliphatic rings. The second kappa shape index (κ2) is 4.84. The van der Waals surface area contributed by atoms with E-state index >= 15 is 0 Å². The predicted molar refractivity (Wildman–Crippen MR) is 70.6 cm³/mol. The van der Waals surface area contributed by atoms with E-state index in [1.165, 1.54) is 16.9 Å². The van der Waals surface area contributed by atoms with Gasteiger partial charge in [-0.15, -0.1) is 11.3 Å². The van der Waals surface area contributed by atoms with Gasteiger partial charge in [-0.05, 0) is 11.8 Å². The van der Waals surface area contributed by atoms with Crippen LogP contribution >= 0.6 is 11.3 Å². The number of carbonyl (C=O) groups excluding carboxylic acids is 1. The summed E-state index contributed by atoms with van der Waals surface area (Å²) in [6, 6.07) is 0. The Kier molecular flexibility index (Phi) is 3.67. The fraction of sp³-hybridized carbons (Fsp3) is 0.636. The number of nitrogens with zero attached hydrogens (tertiary/aromatic N) is 2. The molecule has 0 saturated carbocycles. The molecule has 19 heavy (non-hydrogen) atoms. The van der Waals surface area contributed by atoms with Gasteiger partial charge in [0, 0.05) is 13.1 Å². The summed E-state index contributed by atoms with van der Waals surface area (Å²) in [5.41, 5.74) is 1.18. The number of sulfonamides is 1. The van der Waals surface area contributed by atoms with E-state index in [2.05, 4.69) is 9.72 Å². The average Bonchev–Trinajstić information content (AvgIpc) is 2.94. The van der Waals surface area contributed by atoms with Crippen LogP contribution in [0.3, 0.4) is 0 Å². The van der Waals surface area contributed by atoms with Crippen molar-refractivity contribution in [2.45, 2.75) is 24.5 Å². The molecular formula is C11H16N2O4S2. The van der Waals surface area contributed by atoms with Crippen LogP contribution in [0.2, 0.25) is 0 Å². The molecule has 0 aromatic carbocycles. The molecule has 0 N–H and O–H groups in total. The second-order valence-corrected chi connectivity index (χ2v) is 8.22. The van der Waals surface area contributed by atoms with Gasteiger partial charge >= 0.3 is 5.97 Å². The molecule has 1 aromatic rings. The quantitative estimate of drug-likeness (QED) is 0.788. The molecule has 8 heteroatoms. The number of ether oxygens (including phenoxy) is 1. The Hall–Kier alpha value is -0.990. The van der Waals surface area contributed by atoms with Gasteiger partial charge in [-0.25, -0.2) is 18.2 Å². The maximum atomic E-state index is 12.5. The summed E-state index contributed by atoms with van der Waals surface area (Å²) >= 11 is 0.946. The zero-order chi connectivity index (χ0) is 14.3. The zero-order valence-electron chi connectivity index (χ0n) is 11.0. The van der Waals surface area contributed by atoms with Crippen molar-refractivity contribution in [2.75, 3.05) is 20.2 Å². The van der Waals surface area contributed by atoms with E-state index in [-0.39, 0.29) is 15.3 Å². The lowest BCUT2D eigenvalue weighted by Gasteiger charge is -2.19. The van der Waals surface area contributed by atoms with Crippen LogP contribution < -0.4 is 0 Å². The molecule has 0 spiro atoms. The van der Waals surface area contributed by atoms with Gasteiger partial charge in [0.05, 0.1) is 12.6 Å². The summed E-state index contributed by atoms with van der Waals surface area (Å²) in [5, 5.41) is 0. The Labute approximate surface area is 116 Å². The standard InChI is InChI=1S/C11H16N2O4S2/c1-11(2)4-5-13(6-11)19(15,16)10-8(9(14)17-3)12-7-18-10/h7H,4-6H2,1-3H3. The topological polar surface area (TPSA) is 76.6 Å². The Bertz CT molecular complexity index is 592. The molecule has 0 aliphatic carbocycles. The lowest BCUT2D eigenvalue weighted by molar-refractivity contribution is 0.0590. The van der Waals surface area contributed by atoms with Crippen molar-refractivity contribution in [1.29, 1.82) is 0 Å². The summed E-state index contributed by atoms with van der Waals surface area (Å²) < 4.78 is 31.0. The predicted octanol–water partition coefficient (Wildman–Crippen LogP) is 1.35. The Morgan fingerprint density at radius 2 is 2.21 bits per heavy atom. The van der Waals surface area contributed by atoms with Crippen LogP contribution in [0.5, 0.6) is 0 Å². The van der Waals surface area contributed by atoms with Gasteiger partial charge in [-0.3, -0.25) is 0 Å². The van der Waals surface area contributed by atoms with Crippen LogP contribution in [0.1, 0.15) is 30.8 Å². The van der Waals surface area contributed by atoms with E-state index in [1.54, 1.807) is 0 Å². The maximum Gasteiger partial charge on any atom is 0.358 e. The number of carbonyl (C=O) groups is 1. The Morgan fingerprint density at radius 3 is 2.74 bits per heavy atom. The molecular weight excluding hydrogens is 288 g/mol. The summed E-state index contributed by atoms with van der Waals surface area (Å²) in [4.78, 5) is 15.3. The maximum absolute atomic E-state index is 12.5. The lowest BCUT2D eigenvalue weighted by Crippen LogP contribution is -2.31. The minimum atomic E-state index is -3.66. The highest BCUT2D eigenvalue weighted by Gasteiger charge is 2.39. The summed E-state index contributed by atoms with van der Waals surface area (Å²) in [6.07, 6.45) is 0.804. The van der Waals surface area contributed by atoms with E-state index in [1.807, 2.05) is 13.8 Å². The minimum Gasteiger partial charge on any atom is -0.464 e. The van der Waals surface area contributed by atoms with E-state index < -0.39 is 16.0 Å². The Balaban J connectivity index is 2.36. The lowest BCUT2D eigenvalue weighted by atomic mass is 9.93. The molecule has 0 unspecified atom stereocenters. The van der Waals surface area contributed by atoms with Crippen LogP contribution in [0.15, 0.2) is 9.72 Å². The minimum absolute atomic E-state index is 0.0305. The smallest absolute Gasteiger partial charge is 0.358 e. The fourth-order valence-electron chi connectivity index (χ4n) is 2.04. The monoisotopic (exact) mass is 304 g/mol. The van der Waals surface area contributed by atoms with Crippen molar-refractivity contribution in [3.8, 4) is 0 Å². The number of hydrogen-bond acceptors (Lipinski definition) is 6. The highest BCUT2D eigenvalue weighted by atomic mass is 32.2. The van der Waals surface area contributed by atoms with Crippen LogP contribution in [-0.4, -0.2) is 43.9 Å². The van der Waals surface area contributed by atoms with Crippen LogP contribution in [0.4, 0.5) is 0 Å². The third-order valence-corrected chi connectivity index (χ3v) is 6.32. The third kappa shape index (κ3) is 2.65. The first-order chi connectivity index (χ1) is 8.78. The van der Waals surface area contributed by atoms with Crippen molar-refractivity contribution < 1.29 is 17.9 Å². The second-order valence-electron chi connectivity index (χ2n) is 5.23. The number of methoxy groups -OCH3 is 1. The number of esters is 1. The van der Waals surface area contributed by atoms with Gasteiger partial charge in [0.15, 0.2) is 9.90 Å². The zero-order valence-corrected chi connectivity index (χ0v) is 12.7. The van der Waals surface area contributed by atoms with Crippen molar-refractivity contribution in [2.24, 2.45) is 5.41 Å². The van der Waals surface area contributed by atoms with Gasteiger partial charge in [0.25, 0.3) is 10.0 Å². The normalized spacial score (nSPS) is 19.5. The van der Waals surface area contributed by atoms with E-state index in [9.17, 15) is 13.2 Å². The molecule has 1 aromatic heterocycles. The van der Waals surface area contributed by atoms with E-state index in [0.29, 0.717) is 13.1 Å². The number of rotatable bonds is 3. The summed E-state index contributed by atoms with van der Waals surface area (Å²) in [6.45, 7) is 4.97. The first-order valence-electron chi connectivity index (χ1n) is 5.80. The molecule has 106 valence electrons. The Morgan fingerprint density at radius 1 is 1.53 bits per heavy atom. The molecule has 2 heterocycles. The largest absolute Gasteiger partial charge is 0.464 e. The molecule has 1 aliphatic heterocycles. The van der Waals surface area contributed by atoms with Crippen molar-refractivity contribution in [1.82, 2.24) is 9.29 Å². The van der Waals surface area contributed by atoms with Gasteiger partial charge in [0.2, 0.25) is 0 Å². The van der Waals surface area contributed by atoms with Crippen LogP contribution in [0.25, 0.3) is 0 Å². The molecule has 6 nitrogen and oxygen atoms in total. The molecule has 0 bridgehead atoms. The van der Waals surface area contributed by atoms with Gasteiger partial charge in [0.1, 0.15) is 0 Å². The molecule has 0 atom stereocenters. The van der Waals surface area contributed by atoms with E-state index in [0.717, 1.165) is 17.8 Å².